The molecule has 0 aromatic heterocycles. The summed E-state index contributed by atoms with van der Waals surface area (Å²) in [6.45, 7) is -0.0151. The van der Waals surface area contributed by atoms with Gasteiger partial charge in [-0.25, -0.2) is 0 Å². The van der Waals surface area contributed by atoms with Gasteiger partial charge >= 0.3 is 0 Å². The molecule has 1 N–H and O–H groups in total. The monoisotopic (exact) mass is 305 g/mol. The number of hydrogen-bond acceptors (Lipinski definition) is 3. The molecule has 1 aromatic rings. The molecule has 0 unspecified atom stereocenters. The lowest BCUT2D eigenvalue weighted by molar-refractivity contribution is 0.347. The van der Waals surface area contributed by atoms with Crippen molar-refractivity contribution >= 4 is 40.7 Å². The lowest BCUT2D eigenvalue weighted by Crippen LogP contribution is -2.21. The molecule has 6 heteroatoms. The van der Waals surface area contributed by atoms with Crippen LogP contribution >= 0.6 is 34.8 Å². The first-order valence-corrected chi connectivity index (χ1v) is 5.98. The zero-order valence-corrected chi connectivity index (χ0v) is 11.7. The first-order valence-electron chi connectivity index (χ1n) is 4.85. The van der Waals surface area contributed by atoms with Gasteiger partial charge in [-0.15, -0.1) is 0 Å². The predicted octanol–water partition coefficient (Wildman–Crippen LogP) is 3.41. The van der Waals surface area contributed by atoms with Gasteiger partial charge in [0.1, 0.15) is 5.75 Å². The van der Waals surface area contributed by atoms with Crippen molar-refractivity contribution in [2.75, 3.05) is 13.7 Å². The molecule has 3 nitrogen and oxygen atoms in total. The summed E-state index contributed by atoms with van der Waals surface area (Å²) in [5.41, 5.74) is 0.805. The molecular formula is C12H10Cl3NO2. The van der Waals surface area contributed by atoms with Crippen LogP contribution in [0.5, 0.6) is 5.75 Å². The molecule has 0 saturated heterocycles. The van der Waals surface area contributed by atoms with Crippen LogP contribution in [0.2, 0.25) is 0 Å². The van der Waals surface area contributed by atoms with Crippen LogP contribution in [0, 0.1) is 17.3 Å². The highest BCUT2D eigenvalue weighted by Crippen LogP contribution is 2.27. The summed E-state index contributed by atoms with van der Waals surface area (Å²) < 4.78 is 8.04. The number of methoxy groups -OCH3 is 1. The summed E-state index contributed by atoms with van der Waals surface area (Å²) in [5.74, 6) is 5.87. The third kappa shape index (κ3) is 5.05. The van der Waals surface area contributed by atoms with Crippen molar-refractivity contribution < 1.29 is 9.47 Å². The van der Waals surface area contributed by atoms with Crippen molar-refractivity contribution in [3.05, 3.63) is 29.8 Å². The van der Waals surface area contributed by atoms with Crippen molar-refractivity contribution in [1.82, 2.24) is 0 Å². The van der Waals surface area contributed by atoms with E-state index < -0.39 is 9.69 Å². The van der Waals surface area contributed by atoms with Crippen molar-refractivity contribution in [2.45, 2.75) is 3.79 Å². The third-order valence-corrected chi connectivity index (χ3v) is 2.38. The van der Waals surface area contributed by atoms with E-state index in [0.717, 1.165) is 11.3 Å². The minimum Gasteiger partial charge on any atom is -0.497 e. The summed E-state index contributed by atoms with van der Waals surface area (Å²) in [5, 5.41) is 7.27. The maximum Gasteiger partial charge on any atom is 0.265 e. The van der Waals surface area contributed by atoms with Crippen molar-refractivity contribution in [1.29, 1.82) is 5.41 Å². The van der Waals surface area contributed by atoms with E-state index >= 15 is 0 Å². The molecule has 0 saturated carbocycles. The number of benzene rings is 1. The molecule has 0 fully saturated rings. The first kappa shape index (κ1) is 15.0. The second-order valence-corrected chi connectivity index (χ2v) is 5.43. The lowest BCUT2D eigenvalue weighted by atomic mass is 10.2. The molecule has 0 spiro atoms. The van der Waals surface area contributed by atoms with Gasteiger partial charge in [0.25, 0.3) is 3.79 Å². The molecule has 0 bridgehead atoms. The first-order chi connectivity index (χ1) is 8.43. The van der Waals surface area contributed by atoms with Gasteiger partial charge in [-0.1, -0.05) is 46.6 Å². The molecule has 96 valence electrons. The highest BCUT2D eigenvalue weighted by Gasteiger charge is 2.28. The highest BCUT2D eigenvalue weighted by molar-refractivity contribution is 6.76. The summed E-state index contributed by atoms with van der Waals surface area (Å²) in [7, 11) is 1.59. The Bertz CT molecular complexity index is 469. The van der Waals surface area contributed by atoms with Crippen LogP contribution in [0.1, 0.15) is 5.56 Å². The Balaban J connectivity index is 2.49. The molecular weight excluding hydrogens is 296 g/mol. The topological polar surface area (TPSA) is 42.3 Å². The molecule has 0 amide bonds. The van der Waals surface area contributed by atoms with E-state index in [2.05, 4.69) is 11.8 Å². The molecule has 0 atom stereocenters. The number of ether oxygens (including phenoxy) is 2. The van der Waals surface area contributed by atoms with E-state index in [0.29, 0.717) is 0 Å². The molecule has 0 aliphatic rings. The number of alkyl halides is 3. The Kier molecular flexibility index (Phi) is 5.61. The van der Waals surface area contributed by atoms with Crippen molar-refractivity contribution in [2.24, 2.45) is 0 Å². The average Bonchev–Trinajstić information content (AvgIpc) is 2.34. The Morgan fingerprint density at radius 2 is 1.89 bits per heavy atom. The van der Waals surface area contributed by atoms with Gasteiger partial charge in [0.05, 0.1) is 7.11 Å². The standard InChI is InChI=1S/C12H10Cl3NO2/c1-17-10-6-4-9(5-7-10)3-2-8-18-11(16)12(13,14)15/h4-7,16H,8H2,1H3. The van der Waals surface area contributed by atoms with Crippen LogP contribution in [-0.2, 0) is 4.74 Å². The van der Waals surface area contributed by atoms with Crippen LogP contribution in [0.4, 0.5) is 0 Å². The van der Waals surface area contributed by atoms with E-state index in [-0.39, 0.29) is 6.61 Å². The Labute approximate surface area is 120 Å². The smallest absolute Gasteiger partial charge is 0.265 e. The van der Waals surface area contributed by atoms with Crippen LogP contribution in [0.3, 0.4) is 0 Å². The fraction of sp³-hybridized carbons (Fsp3) is 0.250. The minimum atomic E-state index is -1.85. The maximum absolute atomic E-state index is 7.27. The second kappa shape index (κ2) is 6.75. The number of halogens is 3. The zero-order valence-electron chi connectivity index (χ0n) is 9.47. The van der Waals surface area contributed by atoms with E-state index in [1.165, 1.54) is 0 Å². The maximum atomic E-state index is 7.27. The van der Waals surface area contributed by atoms with Gasteiger partial charge in [-0.2, -0.15) is 0 Å². The van der Waals surface area contributed by atoms with Crippen LogP contribution < -0.4 is 4.74 Å². The van der Waals surface area contributed by atoms with E-state index in [1.54, 1.807) is 19.2 Å². The Morgan fingerprint density at radius 3 is 2.39 bits per heavy atom. The predicted molar refractivity (Wildman–Crippen MR) is 73.8 cm³/mol. The summed E-state index contributed by atoms with van der Waals surface area (Å²) in [6.07, 6.45) is 0. The zero-order chi connectivity index (χ0) is 13.6. The van der Waals surface area contributed by atoms with Gasteiger partial charge in [0.2, 0.25) is 5.90 Å². The third-order valence-electron chi connectivity index (χ3n) is 1.87. The van der Waals surface area contributed by atoms with Gasteiger partial charge in [0, 0.05) is 5.56 Å². The molecule has 0 aliphatic heterocycles. The lowest BCUT2D eigenvalue weighted by Gasteiger charge is -2.10. The van der Waals surface area contributed by atoms with E-state index in [4.69, 9.17) is 49.7 Å². The Morgan fingerprint density at radius 1 is 1.28 bits per heavy atom. The molecule has 18 heavy (non-hydrogen) atoms. The van der Waals surface area contributed by atoms with Gasteiger partial charge < -0.3 is 9.47 Å². The highest BCUT2D eigenvalue weighted by atomic mass is 35.6. The summed E-state index contributed by atoms with van der Waals surface area (Å²) in [4.78, 5) is 0. The fourth-order valence-corrected chi connectivity index (χ4v) is 1.17. The molecule has 1 rings (SSSR count). The average molecular weight is 307 g/mol. The van der Waals surface area contributed by atoms with E-state index in [9.17, 15) is 0 Å². The molecule has 0 radical (unpaired) electrons. The summed E-state index contributed by atoms with van der Waals surface area (Å²) in [6, 6.07) is 7.22. The number of hydrogen-bond donors (Lipinski definition) is 1. The Hall–Kier alpha value is -1.08. The SMILES string of the molecule is COc1ccc(C#CCOC(=N)C(Cl)(Cl)Cl)cc1. The van der Waals surface area contributed by atoms with Crippen LogP contribution in [0.25, 0.3) is 0 Å². The van der Waals surface area contributed by atoms with Crippen molar-refractivity contribution in [3.8, 4) is 17.6 Å². The molecule has 1 aromatic carbocycles. The van der Waals surface area contributed by atoms with Crippen LogP contribution in [0.15, 0.2) is 24.3 Å². The number of rotatable bonds is 2. The second-order valence-electron chi connectivity index (χ2n) is 3.15. The van der Waals surface area contributed by atoms with Gasteiger partial charge in [-0.05, 0) is 24.3 Å². The molecule has 0 heterocycles. The number of nitrogens with one attached hydrogen (secondary N) is 1. The summed E-state index contributed by atoms with van der Waals surface area (Å²) >= 11 is 16.3. The fourth-order valence-electron chi connectivity index (χ4n) is 1.00. The van der Waals surface area contributed by atoms with Gasteiger partial charge in [0.15, 0.2) is 6.61 Å². The van der Waals surface area contributed by atoms with Crippen LogP contribution in [-0.4, -0.2) is 23.4 Å². The minimum absolute atomic E-state index is 0.0151. The quantitative estimate of drug-likeness (QED) is 0.394. The van der Waals surface area contributed by atoms with Gasteiger partial charge in [-0.3, -0.25) is 5.41 Å². The largest absolute Gasteiger partial charge is 0.497 e. The van der Waals surface area contributed by atoms with Crippen molar-refractivity contribution in [3.63, 3.8) is 0 Å². The normalized spacial score (nSPS) is 10.2. The van der Waals surface area contributed by atoms with E-state index in [1.807, 2.05) is 12.1 Å². The molecule has 0 aliphatic carbocycles.